The normalized spacial score (nSPS) is 18.4. The highest BCUT2D eigenvalue weighted by molar-refractivity contribution is 5.89. The van der Waals surface area contributed by atoms with Crippen molar-refractivity contribution < 1.29 is 9.90 Å². The summed E-state index contributed by atoms with van der Waals surface area (Å²) in [6.45, 7) is 5.05. The highest BCUT2D eigenvalue weighted by atomic mass is 16.3. The van der Waals surface area contributed by atoms with E-state index in [0.29, 0.717) is 12.6 Å². The third-order valence-corrected chi connectivity index (χ3v) is 4.18. The second-order valence-corrected chi connectivity index (χ2v) is 5.97. The Bertz CT molecular complexity index is 461. The summed E-state index contributed by atoms with van der Waals surface area (Å²) in [5.74, 6) is 0. The average Bonchev–Trinajstić information content (AvgIpc) is 2.97. The maximum Gasteiger partial charge on any atom is 0.319 e. The minimum atomic E-state index is -0.154. The predicted molar refractivity (Wildman–Crippen MR) is 89.1 cm³/mol. The largest absolute Gasteiger partial charge is 0.395 e. The molecule has 0 radical (unpaired) electrons. The van der Waals surface area contributed by atoms with Crippen molar-refractivity contribution in [2.75, 3.05) is 31.6 Å². The Hall–Kier alpha value is -1.59. The molecule has 0 bridgehead atoms. The maximum atomic E-state index is 11.7. The summed E-state index contributed by atoms with van der Waals surface area (Å²) in [6, 6.07) is 7.94. The summed E-state index contributed by atoms with van der Waals surface area (Å²) in [4.78, 5) is 14.1. The number of aliphatic hydroxyl groups is 1. The number of benzene rings is 1. The van der Waals surface area contributed by atoms with E-state index in [4.69, 9.17) is 0 Å². The van der Waals surface area contributed by atoms with Crippen LogP contribution in [-0.4, -0.2) is 48.3 Å². The number of amides is 2. The molecule has 3 N–H and O–H groups in total. The number of nitrogens with zero attached hydrogens (tertiary/aromatic N) is 1. The molecule has 1 aliphatic rings. The molecule has 22 heavy (non-hydrogen) atoms. The molecule has 1 aromatic carbocycles. The van der Waals surface area contributed by atoms with E-state index >= 15 is 0 Å². The van der Waals surface area contributed by atoms with Crippen LogP contribution in [0.1, 0.15) is 31.2 Å². The van der Waals surface area contributed by atoms with Crippen LogP contribution in [-0.2, 0) is 0 Å². The van der Waals surface area contributed by atoms with Gasteiger partial charge in [0.15, 0.2) is 0 Å². The number of aliphatic hydroxyl groups excluding tert-OH is 1. The Morgan fingerprint density at radius 2 is 2.09 bits per heavy atom. The number of carbonyl (C=O) groups is 1. The molecular weight excluding hydrogens is 278 g/mol. The number of hydrogen-bond acceptors (Lipinski definition) is 3. The number of likely N-dealkylation sites (tertiary alicyclic amines) is 1. The molecule has 5 heteroatoms. The topological polar surface area (TPSA) is 64.6 Å². The zero-order valence-corrected chi connectivity index (χ0v) is 13.3. The van der Waals surface area contributed by atoms with Gasteiger partial charge in [0.2, 0.25) is 0 Å². The first kappa shape index (κ1) is 16.8. The molecule has 2 rings (SSSR count). The molecule has 0 aromatic heterocycles. The number of aryl methyl sites for hydroxylation is 1. The molecule has 5 nitrogen and oxygen atoms in total. The minimum absolute atomic E-state index is 0.154. The van der Waals surface area contributed by atoms with Crippen LogP contribution < -0.4 is 10.6 Å². The lowest BCUT2D eigenvalue weighted by Gasteiger charge is -2.22. The number of unbranched alkanes of at least 4 members (excludes halogenated alkanes) is 1. The summed E-state index contributed by atoms with van der Waals surface area (Å²) in [7, 11) is 0. The summed E-state index contributed by atoms with van der Waals surface area (Å²) >= 11 is 0. The van der Waals surface area contributed by atoms with Gasteiger partial charge in [-0.15, -0.1) is 0 Å². The lowest BCUT2D eigenvalue weighted by Crippen LogP contribution is -2.34. The van der Waals surface area contributed by atoms with E-state index in [1.165, 1.54) is 12.0 Å². The molecule has 1 atom stereocenters. The standard InChI is InChI=1S/C17H27N3O2/c1-14-6-8-15(9-7-14)19-17(22)18-10-2-3-11-20-12-4-5-16(20)13-21/h6-9,16,21H,2-5,10-13H2,1H3,(H2,18,19,22). The van der Waals surface area contributed by atoms with Gasteiger partial charge in [-0.05, 0) is 57.8 Å². The minimum Gasteiger partial charge on any atom is -0.395 e. The molecule has 0 aliphatic carbocycles. The van der Waals surface area contributed by atoms with Crippen molar-refractivity contribution in [1.82, 2.24) is 10.2 Å². The zero-order chi connectivity index (χ0) is 15.8. The molecule has 1 fully saturated rings. The number of rotatable bonds is 7. The van der Waals surface area contributed by atoms with E-state index in [1.54, 1.807) is 0 Å². The molecule has 0 spiro atoms. The van der Waals surface area contributed by atoms with Crippen LogP contribution in [0.2, 0.25) is 0 Å². The first-order chi connectivity index (χ1) is 10.7. The Labute approximate surface area is 132 Å². The number of urea groups is 1. The Morgan fingerprint density at radius 3 is 2.82 bits per heavy atom. The van der Waals surface area contributed by atoms with E-state index in [2.05, 4.69) is 15.5 Å². The van der Waals surface area contributed by atoms with Crippen LogP contribution in [0.3, 0.4) is 0 Å². The fraction of sp³-hybridized carbons (Fsp3) is 0.588. The zero-order valence-electron chi connectivity index (χ0n) is 13.3. The van der Waals surface area contributed by atoms with Crippen molar-refractivity contribution in [2.24, 2.45) is 0 Å². The van der Waals surface area contributed by atoms with Crippen LogP contribution in [0.5, 0.6) is 0 Å². The van der Waals surface area contributed by atoms with Crippen LogP contribution >= 0.6 is 0 Å². The van der Waals surface area contributed by atoms with Crippen LogP contribution in [0, 0.1) is 6.92 Å². The molecule has 1 aromatic rings. The summed E-state index contributed by atoms with van der Waals surface area (Å²) in [6.07, 6.45) is 4.29. The lowest BCUT2D eigenvalue weighted by atomic mass is 10.2. The van der Waals surface area contributed by atoms with Gasteiger partial charge in [0.1, 0.15) is 0 Å². The van der Waals surface area contributed by atoms with Crippen LogP contribution in [0.15, 0.2) is 24.3 Å². The van der Waals surface area contributed by atoms with Gasteiger partial charge < -0.3 is 15.7 Å². The van der Waals surface area contributed by atoms with Gasteiger partial charge in [-0.1, -0.05) is 17.7 Å². The van der Waals surface area contributed by atoms with Crippen molar-refractivity contribution >= 4 is 11.7 Å². The van der Waals surface area contributed by atoms with E-state index in [9.17, 15) is 9.90 Å². The average molecular weight is 305 g/mol. The van der Waals surface area contributed by atoms with Gasteiger partial charge in [0, 0.05) is 18.3 Å². The Balaban J connectivity index is 1.56. The second kappa shape index (κ2) is 8.76. The third-order valence-electron chi connectivity index (χ3n) is 4.18. The first-order valence-electron chi connectivity index (χ1n) is 8.15. The number of hydrogen-bond donors (Lipinski definition) is 3. The predicted octanol–water partition coefficient (Wildman–Crippen LogP) is 2.35. The molecule has 1 saturated heterocycles. The van der Waals surface area contributed by atoms with E-state index in [-0.39, 0.29) is 12.6 Å². The fourth-order valence-corrected chi connectivity index (χ4v) is 2.85. The Kier molecular flexibility index (Phi) is 6.68. The summed E-state index contributed by atoms with van der Waals surface area (Å²) in [5.41, 5.74) is 1.99. The van der Waals surface area contributed by atoms with E-state index in [1.807, 2.05) is 31.2 Å². The molecule has 1 aliphatic heterocycles. The molecule has 1 unspecified atom stereocenters. The van der Waals surface area contributed by atoms with Crippen molar-refractivity contribution in [3.63, 3.8) is 0 Å². The lowest BCUT2D eigenvalue weighted by molar-refractivity contribution is 0.157. The number of nitrogens with one attached hydrogen (secondary N) is 2. The van der Waals surface area contributed by atoms with Gasteiger partial charge in [0.25, 0.3) is 0 Å². The summed E-state index contributed by atoms with van der Waals surface area (Å²) in [5, 5.41) is 15.0. The molecule has 2 amide bonds. The van der Waals surface area contributed by atoms with Crippen molar-refractivity contribution in [2.45, 2.75) is 38.6 Å². The molecule has 1 heterocycles. The molecule has 122 valence electrons. The van der Waals surface area contributed by atoms with Gasteiger partial charge in [-0.3, -0.25) is 4.90 Å². The monoisotopic (exact) mass is 305 g/mol. The van der Waals surface area contributed by atoms with E-state index in [0.717, 1.165) is 38.0 Å². The third kappa shape index (κ3) is 5.31. The first-order valence-corrected chi connectivity index (χ1v) is 8.15. The van der Waals surface area contributed by atoms with Gasteiger partial charge in [-0.25, -0.2) is 4.79 Å². The van der Waals surface area contributed by atoms with Gasteiger partial charge in [-0.2, -0.15) is 0 Å². The fourth-order valence-electron chi connectivity index (χ4n) is 2.85. The smallest absolute Gasteiger partial charge is 0.319 e. The quantitative estimate of drug-likeness (QED) is 0.678. The Morgan fingerprint density at radius 1 is 1.32 bits per heavy atom. The molecular formula is C17H27N3O2. The van der Waals surface area contributed by atoms with Crippen molar-refractivity contribution in [3.8, 4) is 0 Å². The van der Waals surface area contributed by atoms with Gasteiger partial charge in [0.05, 0.1) is 6.61 Å². The van der Waals surface area contributed by atoms with E-state index < -0.39 is 0 Å². The van der Waals surface area contributed by atoms with Crippen molar-refractivity contribution in [3.05, 3.63) is 29.8 Å². The maximum absolute atomic E-state index is 11.7. The molecule has 0 saturated carbocycles. The van der Waals surface area contributed by atoms with Crippen LogP contribution in [0.25, 0.3) is 0 Å². The summed E-state index contributed by atoms with van der Waals surface area (Å²) < 4.78 is 0. The number of carbonyl (C=O) groups excluding carboxylic acids is 1. The SMILES string of the molecule is Cc1ccc(NC(=O)NCCCCN2CCCC2CO)cc1. The highest BCUT2D eigenvalue weighted by Crippen LogP contribution is 2.16. The second-order valence-electron chi connectivity index (χ2n) is 5.97. The van der Waals surface area contributed by atoms with Crippen LogP contribution in [0.4, 0.5) is 10.5 Å². The number of anilines is 1. The van der Waals surface area contributed by atoms with Gasteiger partial charge >= 0.3 is 6.03 Å². The highest BCUT2D eigenvalue weighted by Gasteiger charge is 2.22. The van der Waals surface area contributed by atoms with Crippen molar-refractivity contribution in [1.29, 1.82) is 0 Å².